The Balaban J connectivity index is 1.80. The molecule has 1 N–H and O–H groups in total. The van der Waals surface area contributed by atoms with Crippen molar-refractivity contribution in [1.29, 1.82) is 0 Å². The van der Waals surface area contributed by atoms with Crippen molar-refractivity contribution in [3.63, 3.8) is 0 Å². The number of rotatable bonds is 2. The maximum absolute atomic E-state index is 12.8. The summed E-state index contributed by atoms with van der Waals surface area (Å²) in [6.45, 7) is 0.818. The van der Waals surface area contributed by atoms with Crippen molar-refractivity contribution >= 4 is 39.0 Å². The Bertz CT molecular complexity index is 629. The zero-order valence-corrected chi connectivity index (χ0v) is 14.7. The molecule has 1 aliphatic heterocycles. The molecule has 3 rings (SSSR count). The summed E-state index contributed by atoms with van der Waals surface area (Å²) >= 11 is 5.23. The van der Waals surface area contributed by atoms with E-state index >= 15 is 0 Å². The molecule has 0 radical (unpaired) electrons. The van der Waals surface area contributed by atoms with E-state index in [4.69, 9.17) is 0 Å². The molecule has 2 heterocycles. The van der Waals surface area contributed by atoms with Gasteiger partial charge in [0.25, 0.3) is 0 Å². The third-order valence-electron chi connectivity index (χ3n) is 4.00. The summed E-state index contributed by atoms with van der Waals surface area (Å²) < 4.78 is 0.908. The van der Waals surface area contributed by atoms with Crippen LogP contribution >= 0.6 is 27.3 Å². The quantitative estimate of drug-likeness (QED) is 0.718. The van der Waals surface area contributed by atoms with Gasteiger partial charge in [-0.15, -0.1) is 11.3 Å². The number of hydrogen-bond acceptors (Lipinski definition) is 2. The Kier molecular flexibility index (Phi) is 5.16. The number of thiophene rings is 1. The lowest BCUT2D eigenvalue weighted by atomic mass is 10.1. The van der Waals surface area contributed by atoms with Gasteiger partial charge in [0.05, 0.1) is 11.7 Å². The van der Waals surface area contributed by atoms with E-state index in [-0.39, 0.29) is 12.1 Å². The van der Waals surface area contributed by atoms with Crippen molar-refractivity contribution in [2.24, 2.45) is 0 Å². The van der Waals surface area contributed by atoms with Gasteiger partial charge in [0.2, 0.25) is 0 Å². The summed E-state index contributed by atoms with van der Waals surface area (Å²) in [6, 6.07) is 12.1. The Morgan fingerprint density at radius 1 is 1.18 bits per heavy atom. The molecular weight excluding hydrogens is 360 g/mol. The highest BCUT2D eigenvalue weighted by Gasteiger charge is 2.27. The van der Waals surface area contributed by atoms with Crippen LogP contribution in [0.1, 0.15) is 36.6 Å². The van der Waals surface area contributed by atoms with E-state index in [0.717, 1.165) is 29.5 Å². The van der Waals surface area contributed by atoms with Crippen molar-refractivity contribution in [2.45, 2.75) is 31.7 Å². The number of nitrogens with one attached hydrogen (secondary N) is 1. The molecule has 1 aliphatic rings. The predicted octanol–water partition coefficient (Wildman–Crippen LogP) is 5.66. The molecule has 2 amide bonds. The average molecular weight is 379 g/mol. The average Bonchev–Trinajstić information content (AvgIpc) is 2.94. The number of carbonyl (C=O) groups excluding carboxylic acids is 1. The number of para-hydroxylation sites is 1. The van der Waals surface area contributed by atoms with Crippen LogP contribution < -0.4 is 5.32 Å². The lowest BCUT2D eigenvalue weighted by Crippen LogP contribution is -2.37. The summed E-state index contributed by atoms with van der Waals surface area (Å²) in [5.74, 6) is 0. The van der Waals surface area contributed by atoms with Crippen molar-refractivity contribution < 1.29 is 4.79 Å². The van der Waals surface area contributed by atoms with Crippen LogP contribution in [-0.2, 0) is 0 Å². The number of amides is 2. The highest BCUT2D eigenvalue weighted by molar-refractivity contribution is 9.10. The second kappa shape index (κ2) is 7.29. The SMILES string of the molecule is O=C(Nc1ccccc1Br)N1CCCCC[C@H]1c1cccs1. The number of nitrogens with zero attached hydrogens (tertiary/aromatic N) is 1. The topological polar surface area (TPSA) is 32.3 Å². The van der Waals surface area contributed by atoms with Crippen LogP contribution in [0.2, 0.25) is 0 Å². The molecule has 22 heavy (non-hydrogen) atoms. The molecule has 0 unspecified atom stereocenters. The van der Waals surface area contributed by atoms with Crippen LogP contribution in [0, 0.1) is 0 Å². The van der Waals surface area contributed by atoms with Crippen LogP contribution in [0.15, 0.2) is 46.3 Å². The highest BCUT2D eigenvalue weighted by Crippen LogP contribution is 2.33. The van der Waals surface area contributed by atoms with Crippen LogP contribution in [0.3, 0.4) is 0 Å². The van der Waals surface area contributed by atoms with Crippen molar-refractivity contribution in [3.8, 4) is 0 Å². The number of halogens is 1. The van der Waals surface area contributed by atoms with E-state index in [0.29, 0.717) is 0 Å². The number of hydrogen-bond donors (Lipinski definition) is 1. The Labute approximate surface area is 143 Å². The van der Waals surface area contributed by atoms with Crippen molar-refractivity contribution in [2.75, 3.05) is 11.9 Å². The van der Waals surface area contributed by atoms with Gasteiger partial charge in [-0.2, -0.15) is 0 Å². The first-order valence-electron chi connectivity index (χ1n) is 7.61. The summed E-state index contributed by atoms with van der Waals surface area (Å²) in [4.78, 5) is 16.1. The minimum atomic E-state index is -0.00722. The van der Waals surface area contributed by atoms with Gasteiger partial charge in [-0.05, 0) is 52.4 Å². The van der Waals surface area contributed by atoms with Gasteiger partial charge < -0.3 is 10.2 Å². The Morgan fingerprint density at radius 2 is 2.05 bits per heavy atom. The highest BCUT2D eigenvalue weighted by atomic mass is 79.9. The van der Waals surface area contributed by atoms with Crippen LogP contribution in [0.25, 0.3) is 0 Å². The van der Waals surface area contributed by atoms with E-state index in [1.165, 1.54) is 17.7 Å². The number of urea groups is 1. The molecular formula is C17H19BrN2OS. The fourth-order valence-corrected chi connectivity index (χ4v) is 4.14. The number of anilines is 1. The van der Waals surface area contributed by atoms with Gasteiger partial charge in [-0.3, -0.25) is 0 Å². The molecule has 1 aromatic carbocycles. The van der Waals surface area contributed by atoms with Crippen LogP contribution in [0.4, 0.5) is 10.5 Å². The normalized spacial score (nSPS) is 18.8. The van der Waals surface area contributed by atoms with Gasteiger partial charge in [0, 0.05) is 15.9 Å². The van der Waals surface area contributed by atoms with Gasteiger partial charge >= 0.3 is 6.03 Å². The fraction of sp³-hybridized carbons (Fsp3) is 0.353. The van der Waals surface area contributed by atoms with Crippen LogP contribution in [-0.4, -0.2) is 17.5 Å². The molecule has 0 aliphatic carbocycles. The van der Waals surface area contributed by atoms with Gasteiger partial charge in [-0.25, -0.2) is 4.79 Å². The molecule has 1 fully saturated rings. The fourth-order valence-electron chi connectivity index (χ4n) is 2.88. The first-order valence-corrected chi connectivity index (χ1v) is 9.28. The van der Waals surface area contributed by atoms with E-state index in [9.17, 15) is 4.79 Å². The zero-order valence-electron chi connectivity index (χ0n) is 12.3. The molecule has 5 heteroatoms. The van der Waals surface area contributed by atoms with Crippen molar-refractivity contribution in [1.82, 2.24) is 4.90 Å². The second-order valence-electron chi connectivity index (χ2n) is 5.48. The third kappa shape index (κ3) is 3.52. The Hall–Kier alpha value is -1.33. The molecule has 1 saturated heterocycles. The largest absolute Gasteiger partial charge is 0.322 e. The van der Waals surface area contributed by atoms with E-state index in [1.807, 2.05) is 29.2 Å². The molecule has 0 bridgehead atoms. The van der Waals surface area contributed by atoms with Gasteiger partial charge in [-0.1, -0.05) is 31.0 Å². The number of carbonyl (C=O) groups is 1. The first-order chi connectivity index (χ1) is 10.8. The summed E-state index contributed by atoms with van der Waals surface area (Å²) in [6.07, 6.45) is 4.50. The zero-order chi connectivity index (χ0) is 15.4. The second-order valence-corrected chi connectivity index (χ2v) is 7.32. The monoisotopic (exact) mass is 378 g/mol. The lowest BCUT2D eigenvalue weighted by molar-refractivity contribution is 0.190. The smallest absolute Gasteiger partial charge is 0.317 e. The summed E-state index contributed by atoms with van der Waals surface area (Å²) in [5, 5.41) is 5.13. The summed E-state index contributed by atoms with van der Waals surface area (Å²) in [7, 11) is 0. The molecule has 3 nitrogen and oxygen atoms in total. The van der Waals surface area contributed by atoms with E-state index in [2.05, 4.69) is 38.8 Å². The summed E-state index contributed by atoms with van der Waals surface area (Å²) in [5.41, 5.74) is 0.821. The van der Waals surface area contributed by atoms with Gasteiger partial charge in [0.15, 0.2) is 0 Å². The molecule has 1 atom stereocenters. The molecule has 1 aromatic heterocycles. The van der Waals surface area contributed by atoms with Crippen LogP contribution in [0.5, 0.6) is 0 Å². The first kappa shape index (κ1) is 15.6. The molecule has 116 valence electrons. The minimum Gasteiger partial charge on any atom is -0.317 e. The maximum atomic E-state index is 12.8. The Morgan fingerprint density at radius 3 is 2.82 bits per heavy atom. The van der Waals surface area contributed by atoms with E-state index < -0.39 is 0 Å². The van der Waals surface area contributed by atoms with Gasteiger partial charge in [0.1, 0.15) is 0 Å². The maximum Gasteiger partial charge on any atom is 0.322 e. The molecule has 0 spiro atoms. The molecule has 0 saturated carbocycles. The van der Waals surface area contributed by atoms with E-state index in [1.54, 1.807) is 11.3 Å². The minimum absolute atomic E-state index is 0.00722. The number of likely N-dealkylation sites (tertiary alicyclic amines) is 1. The lowest BCUT2D eigenvalue weighted by Gasteiger charge is -2.29. The number of benzene rings is 1. The van der Waals surface area contributed by atoms with Crippen molar-refractivity contribution in [3.05, 3.63) is 51.1 Å². The standard InChI is InChI=1S/C17H19BrN2OS/c18-13-7-3-4-8-14(13)19-17(21)20-11-5-1-2-9-15(20)16-10-6-12-22-16/h3-4,6-8,10,12,15H,1-2,5,9,11H2,(H,19,21)/t15-/m0/s1. The molecule has 2 aromatic rings. The third-order valence-corrected chi connectivity index (χ3v) is 5.67. The predicted molar refractivity (Wildman–Crippen MR) is 95.4 cm³/mol.